The van der Waals surface area contributed by atoms with Gasteiger partial charge in [-0.3, -0.25) is 4.79 Å². The summed E-state index contributed by atoms with van der Waals surface area (Å²) in [6, 6.07) is 10.2. The van der Waals surface area contributed by atoms with Gasteiger partial charge in [0.15, 0.2) is 0 Å². The highest BCUT2D eigenvalue weighted by molar-refractivity contribution is 7.17. The smallest absolute Gasteiger partial charge is 0.272 e. The molecule has 2 aromatic heterocycles. The van der Waals surface area contributed by atoms with E-state index in [1.165, 1.54) is 23.1 Å². The second-order valence-electron chi connectivity index (χ2n) is 6.37. The van der Waals surface area contributed by atoms with Gasteiger partial charge in [-0.05, 0) is 55.0 Å². The highest BCUT2D eigenvalue weighted by atomic mass is 35.5. The maximum Gasteiger partial charge on any atom is 0.272 e. The van der Waals surface area contributed by atoms with Crippen LogP contribution in [0.15, 0.2) is 35.7 Å². The summed E-state index contributed by atoms with van der Waals surface area (Å²) in [6.45, 7) is 1.92. The van der Waals surface area contributed by atoms with Crippen molar-refractivity contribution in [3.05, 3.63) is 52.0 Å². The van der Waals surface area contributed by atoms with Gasteiger partial charge in [0, 0.05) is 16.8 Å². The molecule has 0 saturated heterocycles. The van der Waals surface area contributed by atoms with Crippen LogP contribution in [0.5, 0.6) is 0 Å². The molecule has 0 radical (unpaired) electrons. The fourth-order valence-electron chi connectivity index (χ4n) is 3.60. The molecule has 124 valence electrons. The number of benzene rings is 1. The van der Waals surface area contributed by atoms with E-state index in [0.29, 0.717) is 11.1 Å². The van der Waals surface area contributed by atoms with Gasteiger partial charge >= 0.3 is 0 Å². The fraction of sp³-hybridized carbons (Fsp3) is 0.316. The van der Waals surface area contributed by atoms with Crippen LogP contribution in [-0.4, -0.2) is 10.5 Å². The SMILES string of the molecule is Cc1c(Cl)cccc1NC(=O)c1cc2sccc2n1C1CCCC1. The first-order chi connectivity index (χ1) is 11.6. The van der Waals surface area contributed by atoms with E-state index in [2.05, 4.69) is 21.3 Å². The van der Waals surface area contributed by atoms with Crippen molar-refractivity contribution in [2.24, 2.45) is 0 Å². The van der Waals surface area contributed by atoms with Crippen molar-refractivity contribution in [3.63, 3.8) is 0 Å². The summed E-state index contributed by atoms with van der Waals surface area (Å²) in [6.07, 6.45) is 4.78. The maximum atomic E-state index is 13.0. The van der Waals surface area contributed by atoms with E-state index in [1.54, 1.807) is 11.3 Å². The van der Waals surface area contributed by atoms with Crippen molar-refractivity contribution in [1.29, 1.82) is 0 Å². The third-order valence-corrected chi connectivity index (χ3v) is 6.16. The van der Waals surface area contributed by atoms with E-state index >= 15 is 0 Å². The topological polar surface area (TPSA) is 34.0 Å². The maximum absolute atomic E-state index is 13.0. The summed E-state index contributed by atoms with van der Waals surface area (Å²) in [5.41, 5.74) is 3.60. The van der Waals surface area contributed by atoms with Crippen LogP contribution in [-0.2, 0) is 0 Å². The molecule has 24 heavy (non-hydrogen) atoms. The summed E-state index contributed by atoms with van der Waals surface area (Å²) in [4.78, 5) is 13.0. The number of nitrogens with one attached hydrogen (secondary N) is 1. The average Bonchev–Trinajstić information content (AvgIpc) is 3.27. The molecule has 3 aromatic rings. The number of carbonyl (C=O) groups is 1. The zero-order valence-corrected chi connectivity index (χ0v) is 15.1. The number of halogens is 1. The zero-order chi connectivity index (χ0) is 16.7. The van der Waals surface area contributed by atoms with Crippen LogP contribution in [0.3, 0.4) is 0 Å². The highest BCUT2D eigenvalue weighted by Crippen LogP contribution is 2.37. The van der Waals surface area contributed by atoms with Crippen molar-refractivity contribution < 1.29 is 4.79 Å². The first-order valence-electron chi connectivity index (χ1n) is 8.30. The van der Waals surface area contributed by atoms with Crippen LogP contribution in [0.25, 0.3) is 10.2 Å². The van der Waals surface area contributed by atoms with Gasteiger partial charge in [0.1, 0.15) is 5.69 Å². The number of hydrogen-bond donors (Lipinski definition) is 1. The zero-order valence-electron chi connectivity index (χ0n) is 13.5. The second-order valence-corrected chi connectivity index (χ2v) is 7.73. The van der Waals surface area contributed by atoms with Gasteiger partial charge in [-0.15, -0.1) is 11.3 Å². The van der Waals surface area contributed by atoms with Crippen LogP contribution in [0.4, 0.5) is 5.69 Å². The number of carbonyl (C=O) groups excluding carboxylic acids is 1. The number of nitrogens with zero attached hydrogens (tertiary/aromatic N) is 1. The van der Waals surface area contributed by atoms with E-state index in [9.17, 15) is 4.79 Å². The van der Waals surface area contributed by atoms with Gasteiger partial charge in [-0.2, -0.15) is 0 Å². The monoisotopic (exact) mass is 358 g/mol. The van der Waals surface area contributed by atoms with E-state index in [1.807, 2.05) is 31.2 Å². The molecule has 1 aliphatic rings. The molecule has 1 aromatic carbocycles. The lowest BCUT2D eigenvalue weighted by Crippen LogP contribution is -2.19. The van der Waals surface area contributed by atoms with Crippen molar-refractivity contribution in [1.82, 2.24) is 4.57 Å². The van der Waals surface area contributed by atoms with Gasteiger partial charge in [-0.25, -0.2) is 0 Å². The molecular weight excluding hydrogens is 340 g/mol. The molecule has 1 amide bonds. The number of aromatic nitrogens is 1. The third-order valence-electron chi connectivity index (χ3n) is 4.90. The molecule has 1 saturated carbocycles. The van der Waals surface area contributed by atoms with Crippen molar-refractivity contribution in [2.45, 2.75) is 38.6 Å². The lowest BCUT2D eigenvalue weighted by molar-refractivity contribution is 0.101. The molecule has 4 rings (SSSR count). The largest absolute Gasteiger partial charge is 0.333 e. The van der Waals surface area contributed by atoms with Gasteiger partial charge in [-0.1, -0.05) is 30.5 Å². The van der Waals surface area contributed by atoms with Gasteiger partial charge in [0.25, 0.3) is 5.91 Å². The van der Waals surface area contributed by atoms with Crippen LogP contribution >= 0.6 is 22.9 Å². The normalized spacial score (nSPS) is 15.2. The van der Waals surface area contributed by atoms with Gasteiger partial charge in [0.2, 0.25) is 0 Å². The van der Waals surface area contributed by atoms with Crippen LogP contribution in [0.2, 0.25) is 5.02 Å². The van der Waals surface area contributed by atoms with E-state index < -0.39 is 0 Å². The minimum absolute atomic E-state index is 0.0596. The Morgan fingerprint density at radius 3 is 2.88 bits per heavy atom. The van der Waals surface area contributed by atoms with E-state index in [0.717, 1.165) is 29.8 Å². The number of thiophene rings is 1. The Hall–Kier alpha value is -1.78. The molecule has 0 aliphatic heterocycles. The lowest BCUT2D eigenvalue weighted by atomic mass is 10.2. The molecule has 5 heteroatoms. The van der Waals surface area contributed by atoms with Crippen LogP contribution < -0.4 is 5.32 Å². The summed E-state index contributed by atoms with van der Waals surface area (Å²) in [5, 5.41) is 5.81. The predicted octanol–water partition coefficient (Wildman–Crippen LogP) is 6.03. The van der Waals surface area contributed by atoms with Gasteiger partial charge < -0.3 is 9.88 Å². The first kappa shape index (κ1) is 15.7. The molecule has 1 fully saturated rings. The van der Waals surface area contributed by atoms with Crippen LogP contribution in [0.1, 0.15) is 47.8 Å². The molecule has 0 spiro atoms. The summed E-state index contributed by atoms with van der Waals surface area (Å²) >= 11 is 7.86. The number of anilines is 1. The summed E-state index contributed by atoms with van der Waals surface area (Å²) < 4.78 is 3.42. The Kier molecular flexibility index (Phi) is 4.10. The number of amides is 1. The van der Waals surface area contributed by atoms with Gasteiger partial charge in [0.05, 0.1) is 10.2 Å². The Labute approximate surface area is 150 Å². The lowest BCUT2D eigenvalue weighted by Gasteiger charge is -2.17. The number of rotatable bonds is 3. The molecule has 2 heterocycles. The average molecular weight is 359 g/mol. The van der Waals surface area contributed by atoms with Crippen molar-refractivity contribution in [3.8, 4) is 0 Å². The van der Waals surface area contributed by atoms with Crippen molar-refractivity contribution in [2.75, 3.05) is 5.32 Å². The molecule has 0 atom stereocenters. The Bertz CT molecular complexity index is 905. The molecule has 1 aliphatic carbocycles. The molecular formula is C19H19ClN2OS. The molecule has 0 unspecified atom stereocenters. The number of fused-ring (bicyclic) bond motifs is 1. The standard InChI is InChI=1S/C19H19ClN2OS/c1-12-14(20)7-4-8-15(12)21-19(23)17-11-18-16(9-10-24-18)22(17)13-5-2-3-6-13/h4,7-11,13H,2-3,5-6H2,1H3,(H,21,23). The highest BCUT2D eigenvalue weighted by Gasteiger charge is 2.25. The third kappa shape index (κ3) is 2.64. The fourth-order valence-corrected chi connectivity index (χ4v) is 4.59. The molecule has 0 bridgehead atoms. The minimum atomic E-state index is -0.0596. The Morgan fingerprint density at radius 1 is 1.29 bits per heavy atom. The summed E-state index contributed by atoms with van der Waals surface area (Å²) in [7, 11) is 0. The van der Waals surface area contributed by atoms with E-state index in [-0.39, 0.29) is 5.91 Å². The minimum Gasteiger partial charge on any atom is -0.333 e. The first-order valence-corrected chi connectivity index (χ1v) is 9.56. The molecule has 1 N–H and O–H groups in total. The van der Waals surface area contributed by atoms with Crippen LogP contribution in [0, 0.1) is 6.92 Å². The predicted molar refractivity (Wildman–Crippen MR) is 101 cm³/mol. The molecule has 3 nitrogen and oxygen atoms in total. The Balaban J connectivity index is 1.72. The second kappa shape index (κ2) is 6.26. The summed E-state index contributed by atoms with van der Waals surface area (Å²) in [5.74, 6) is -0.0596. The quantitative estimate of drug-likeness (QED) is 0.609. The van der Waals surface area contributed by atoms with E-state index in [4.69, 9.17) is 11.6 Å². The van der Waals surface area contributed by atoms with Crippen molar-refractivity contribution >= 4 is 44.7 Å². The Morgan fingerprint density at radius 2 is 2.08 bits per heavy atom. The number of hydrogen-bond acceptors (Lipinski definition) is 2.